The van der Waals surface area contributed by atoms with E-state index < -0.39 is 6.10 Å². The molecule has 29 heavy (non-hydrogen) atoms. The summed E-state index contributed by atoms with van der Waals surface area (Å²) in [5.74, 6) is 0.650. The van der Waals surface area contributed by atoms with Crippen molar-refractivity contribution in [2.75, 3.05) is 6.61 Å². The van der Waals surface area contributed by atoms with Gasteiger partial charge >= 0.3 is 0 Å². The van der Waals surface area contributed by atoms with Crippen molar-refractivity contribution in [3.8, 4) is 22.5 Å². The van der Waals surface area contributed by atoms with Gasteiger partial charge in [0.1, 0.15) is 0 Å². The predicted molar refractivity (Wildman–Crippen MR) is 106 cm³/mol. The molecular formula is C20H23N7O2. The number of aromatic nitrogens is 7. The van der Waals surface area contributed by atoms with Crippen molar-refractivity contribution in [2.45, 2.75) is 38.5 Å². The van der Waals surface area contributed by atoms with Gasteiger partial charge in [-0.3, -0.25) is 9.36 Å². The first-order valence-electron chi connectivity index (χ1n) is 9.83. The SMILES string of the molecule is C[C@H]1CC[C@H]1n1cc(-c2nc(-c3cnn(CC(O)CO)c3)cn3nccc23)cn1. The van der Waals surface area contributed by atoms with E-state index in [0.717, 1.165) is 34.5 Å². The van der Waals surface area contributed by atoms with Gasteiger partial charge < -0.3 is 10.2 Å². The zero-order valence-corrected chi connectivity index (χ0v) is 16.1. The van der Waals surface area contributed by atoms with Crippen molar-refractivity contribution in [3.05, 3.63) is 43.2 Å². The van der Waals surface area contributed by atoms with Gasteiger partial charge in [0.2, 0.25) is 0 Å². The standard InChI is InChI=1S/C20H23N7O2/c1-13-2-3-18(13)26-9-15(7-23-26)20-19-4-5-21-27(19)11-17(24-20)14-6-22-25(8-14)10-16(29)12-28/h4-9,11,13,16,18,28-29H,2-3,10,12H2,1H3/t13-,16?,18+/m0/s1. The van der Waals surface area contributed by atoms with Crippen LogP contribution in [0.15, 0.2) is 43.2 Å². The molecule has 1 fully saturated rings. The highest BCUT2D eigenvalue weighted by molar-refractivity contribution is 5.78. The molecule has 0 bridgehead atoms. The Balaban J connectivity index is 1.52. The van der Waals surface area contributed by atoms with Crippen molar-refractivity contribution >= 4 is 5.52 Å². The van der Waals surface area contributed by atoms with Gasteiger partial charge in [-0.2, -0.15) is 15.3 Å². The molecule has 0 amide bonds. The summed E-state index contributed by atoms with van der Waals surface area (Å²) in [5.41, 5.74) is 4.23. The molecule has 0 aromatic carbocycles. The minimum absolute atomic E-state index is 0.222. The first-order chi connectivity index (χ1) is 14.1. The number of aliphatic hydroxyl groups excluding tert-OH is 2. The number of nitrogens with zero attached hydrogens (tertiary/aromatic N) is 7. The van der Waals surface area contributed by atoms with Gasteiger partial charge in [0.25, 0.3) is 0 Å². The number of hydrogen-bond acceptors (Lipinski definition) is 6. The van der Waals surface area contributed by atoms with E-state index >= 15 is 0 Å². The van der Waals surface area contributed by atoms with E-state index in [1.807, 2.05) is 18.5 Å². The molecule has 1 saturated carbocycles. The number of rotatable bonds is 6. The van der Waals surface area contributed by atoms with E-state index in [4.69, 9.17) is 10.1 Å². The summed E-state index contributed by atoms with van der Waals surface area (Å²) in [5, 5.41) is 31.9. The van der Waals surface area contributed by atoms with Gasteiger partial charge in [0.05, 0.1) is 67.0 Å². The van der Waals surface area contributed by atoms with Gasteiger partial charge in [-0.1, -0.05) is 6.92 Å². The monoisotopic (exact) mass is 393 g/mol. The normalized spacial score (nSPS) is 20.1. The highest BCUT2D eigenvalue weighted by Crippen LogP contribution is 2.38. The minimum Gasteiger partial charge on any atom is -0.394 e. The molecule has 4 aromatic heterocycles. The fraction of sp³-hybridized carbons (Fsp3) is 0.400. The molecule has 1 unspecified atom stereocenters. The Morgan fingerprint density at radius 3 is 2.72 bits per heavy atom. The minimum atomic E-state index is -0.848. The summed E-state index contributed by atoms with van der Waals surface area (Å²) < 4.78 is 5.46. The van der Waals surface area contributed by atoms with Crippen LogP contribution >= 0.6 is 0 Å². The molecule has 0 saturated heterocycles. The van der Waals surface area contributed by atoms with Crippen molar-refractivity contribution in [2.24, 2.45) is 5.92 Å². The highest BCUT2D eigenvalue weighted by Gasteiger charge is 2.29. The van der Waals surface area contributed by atoms with Gasteiger partial charge in [-0.15, -0.1) is 0 Å². The lowest BCUT2D eigenvalue weighted by Crippen LogP contribution is -2.26. The molecule has 0 aliphatic heterocycles. The molecule has 3 atom stereocenters. The number of fused-ring (bicyclic) bond motifs is 1. The summed E-state index contributed by atoms with van der Waals surface area (Å²) in [6.45, 7) is 2.18. The third-order valence-corrected chi connectivity index (χ3v) is 5.72. The van der Waals surface area contributed by atoms with Crippen LogP contribution in [0.25, 0.3) is 28.0 Å². The molecule has 5 rings (SSSR count). The quantitative estimate of drug-likeness (QED) is 0.517. The number of hydrogen-bond donors (Lipinski definition) is 2. The molecular weight excluding hydrogens is 370 g/mol. The Labute approximate surface area is 167 Å². The smallest absolute Gasteiger partial charge is 0.0999 e. The maximum absolute atomic E-state index is 9.64. The van der Waals surface area contributed by atoms with Crippen LogP contribution in [-0.2, 0) is 6.54 Å². The van der Waals surface area contributed by atoms with Crippen LogP contribution in [0.1, 0.15) is 25.8 Å². The lowest BCUT2D eigenvalue weighted by Gasteiger charge is -2.33. The zero-order valence-electron chi connectivity index (χ0n) is 16.1. The third kappa shape index (κ3) is 3.22. The molecule has 0 spiro atoms. The summed E-state index contributed by atoms with van der Waals surface area (Å²) in [6, 6.07) is 2.40. The van der Waals surface area contributed by atoms with Crippen molar-refractivity contribution in [3.63, 3.8) is 0 Å². The van der Waals surface area contributed by atoms with Crippen LogP contribution < -0.4 is 0 Å². The van der Waals surface area contributed by atoms with E-state index in [9.17, 15) is 5.11 Å². The van der Waals surface area contributed by atoms with Gasteiger partial charge in [0, 0.05) is 23.5 Å². The van der Waals surface area contributed by atoms with E-state index in [-0.39, 0.29) is 13.2 Å². The Kier molecular flexibility index (Phi) is 4.40. The first kappa shape index (κ1) is 18.0. The van der Waals surface area contributed by atoms with E-state index in [2.05, 4.69) is 33.1 Å². The van der Waals surface area contributed by atoms with Crippen LogP contribution in [0.2, 0.25) is 0 Å². The van der Waals surface area contributed by atoms with Crippen molar-refractivity contribution < 1.29 is 10.2 Å². The third-order valence-electron chi connectivity index (χ3n) is 5.72. The van der Waals surface area contributed by atoms with Crippen LogP contribution in [0.3, 0.4) is 0 Å². The highest BCUT2D eigenvalue weighted by atomic mass is 16.3. The maximum atomic E-state index is 9.64. The summed E-state index contributed by atoms with van der Waals surface area (Å²) in [4.78, 5) is 4.88. The van der Waals surface area contributed by atoms with Crippen molar-refractivity contribution in [1.29, 1.82) is 0 Å². The molecule has 150 valence electrons. The summed E-state index contributed by atoms with van der Waals surface area (Å²) >= 11 is 0. The lowest BCUT2D eigenvalue weighted by atomic mass is 9.81. The van der Waals surface area contributed by atoms with E-state index in [0.29, 0.717) is 12.0 Å². The number of aliphatic hydroxyl groups is 2. The second-order valence-corrected chi connectivity index (χ2v) is 7.75. The van der Waals surface area contributed by atoms with Crippen LogP contribution in [0.4, 0.5) is 0 Å². The topological polar surface area (TPSA) is 106 Å². The Morgan fingerprint density at radius 1 is 1.10 bits per heavy atom. The molecule has 4 heterocycles. The molecule has 9 heteroatoms. The molecule has 2 N–H and O–H groups in total. The van der Waals surface area contributed by atoms with E-state index in [1.54, 1.807) is 27.8 Å². The fourth-order valence-corrected chi connectivity index (χ4v) is 3.83. The van der Waals surface area contributed by atoms with Gasteiger partial charge in [-0.05, 0) is 24.8 Å². The molecule has 9 nitrogen and oxygen atoms in total. The Morgan fingerprint density at radius 2 is 1.97 bits per heavy atom. The lowest BCUT2D eigenvalue weighted by molar-refractivity contribution is 0.0783. The maximum Gasteiger partial charge on any atom is 0.0999 e. The van der Waals surface area contributed by atoms with Crippen LogP contribution in [0.5, 0.6) is 0 Å². The first-order valence-corrected chi connectivity index (χ1v) is 9.83. The molecule has 1 aliphatic carbocycles. The van der Waals surface area contributed by atoms with Gasteiger partial charge in [-0.25, -0.2) is 9.50 Å². The molecule has 0 radical (unpaired) electrons. The van der Waals surface area contributed by atoms with Crippen LogP contribution in [0, 0.1) is 5.92 Å². The van der Waals surface area contributed by atoms with E-state index in [1.165, 1.54) is 6.42 Å². The second kappa shape index (κ2) is 7.09. The summed E-state index contributed by atoms with van der Waals surface area (Å²) in [7, 11) is 0. The van der Waals surface area contributed by atoms with Crippen LogP contribution in [-0.4, -0.2) is 57.1 Å². The average Bonchev–Trinajstić information content (AvgIpc) is 3.46. The Hall–Kier alpha value is -3.04. The second-order valence-electron chi connectivity index (χ2n) is 7.75. The Bertz CT molecular complexity index is 1140. The van der Waals surface area contributed by atoms with Gasteiger partial charge in [0.15, 0.2) is 0 Å². The summed E-state index contributed by atoms with van der Waals surface area (Å²) in [6.07, 6.45) is 12.6. The zero-order chi connectivity index (χ0) is 20.0. The molecule has 4 aromatic rings. The fourth-order valence-electron chi connectivity index (χ4n) is 3.83. The predicted octanol–water partition coefficient (Wildman–Crippen LogP) is 1.78. The largest absolute Gasteiger partial charge is 0.394 e. The van der Waals surface area contributed by atoms with Crippen molar-refractivity contribution in [1.82, 2.24) is 34.2 Å². The average molecular weight is 393 g/mol. The molecule has 1 aliphatic rings.